The molecular weight excluding hydrogens is 272 g/mol. The number of rotatable bonds is 4. The van der Waals surface area contributed by atoms with Crippen LogP contribution in [-0.4, -0.2) is 24.7 Å². The van der Waals surface area contributed by atoms with Crippen LogP contribution in [0.15, 0.2) is 24.3 Å². The Morgan fingerprint density at radius 3 is 2.50 bits per heavy atom. The molecule has 0 aliphatic heterocycles. The van der Waals surface area contributed by atoms with E-state index in [2.05, 4.69) is 10.6 Å². The number of thioether (sulfide) groups is 1. The van der Waals surface area contributed by atoms with Gasteiger partial charge in [-0.05, 0) is 24.6 Å². The number of carbonyl (C=O) groups is 2. The summed E-state index contributed by atoms with van der Waals surface area (Å²) in [4.78, 5) is 22.3. The second-order valence-corrected chi connectivity index (χ2v) is 5.40. The van der Waals surface area contributed by atoms with Gasteiger partial charge in [0.25, 0.3) is 0 Å². The molecule has 0 bridgehead atoms. The number of hydrogen-bond donors (Lipinski definition) is 2. The molecule has 0 saturated carbocycles. The molecule has 1 aromatic rings. The Kier molecular flexibility index (Phi) is 6.01. The summed E-state index contributed by atoms with van der Waals surface area (Å²) >= 11 is 7.26. The van der Waals surface area contributed by atoms with Crippen molar-refractivity contribution in [3.63, 3.8) is 0 Å². The van der Waals surface area contributed by atoms with E-state index < -0.39 is 6.03 Å². The monoisotopic (exact) mass is 286 g/mol. The highest BCUT2D eigenvalue weighted by atomic mass is 35.5. The maximum absolute atomic E-state index is 11.4. The minimum atomic E-state index is -0.486. The summed E-state index contributed by atoms with van der Waals surface area (Å²) in [6, 6.07) is 7.00. The van der Waals surface area contributed by atoms with Gasteiger partial charge in [-0.3, -0.25) is 10.1 Å². The maximum Gasteiger partial charge on any atom is 0.321 e. The van der Waals surface area contributed by atoms with Gasteiger partial charge in [0.2, 0.25) is 5.91 Å². The molecule has 6 heteroatoms. The van der Waals surface area contributed by atoms with E-state index >= 15 is 0 Å². The fourth-order valence-electron chi connectivity index (χ4n) is 1.26. The van der Waals surface area contributed by atoms with Crippen LogP contribution in [0.5, 0.6) is 0 Å². The van der Waals surface area contributed by atoms with Crippen molar-refractivity contribution in [2.45, 2.75) is 12.2 Å². The topological polar surface area (TPSA) is 58.2 Å². The Morgan fingerprint density at radius 1 is 1.33 bits per heavy atom. The van der Waals surface area contributed by atoms with Crippen molar-refractivity contribution in [3.8, 4) is 0 Å². The molecule has 18 heavy (non-hydrogen) atoms. The molecule has 0 heterocycles. The average molecular weight is 287 g/mol. The van der Waals surface area contributed by atoms with E-state index in [1.807, 2.05) is 31.2 Å². The normalized spacial score (nSPS) is 11.7. The largest absolute Gasteiger partial charge is 0.341 e. The number of nitrogens with one attached hydrogen (secondary N) is 2. The van der Waals surface area contributed by atoms with Gasteiger partial charge >= 0.3 is 6.03 Å². The van der Waals surface area contributed by atoms with Gasteiger partial charge in [-0.25, -0.2) is 4.79 Å². The standard InChI is InChI=1S/C12H15ClN2O2S/c1-8(9-3-5-10(13)6-4-9)18-7-11(16)15-12(17)14-2/h3-6,8H,7H2,1-2H3,(H2,14,15,16,17)/t8-/m0/s1. The van der Waals surface area contributed by atoms with Crippen LogP contribution in [0, 0.1) is 0 Å². The highest BCUT2D eigenvalue weighted by molar-refractivity contribution is 8.00. The quantitative estimate of drug-likeness (QED) is 0.894. The number of amides is 3. The number of imide groups is 1. The lowest BCUT2D eigenvalue weighted by Crippen LogP contribution is -2.38. The highest BCUT2D eigenvalue weighted by Gasteiger charge is 2.10. The van der Waals surface area contributed by atoms with Crippen LogP contribution in [-0.2, 0) is 4.79 Å². The molecule has 0 fully saturated rings. The first-order chi connectivity index (χ1) is 8.52. The molecule has 0 radical (unpaired) electrons. The molecular formula is C12H15ClN2O2S. The van der Waals surface area contributed by atoms with Crippen LogP contribution in [0.4, 0.5) is 4.79 Å². The van der Waals surface area contributed by atoms with Crippen LogP contribution in [0.1, 0.15) is 17.7 Å². The van der Waals surface area contributed by atoms with Crippen LogP contribution in [0.2, 0.25) is 5.02 Å². The van der Waals surface area contributed by atoms with E-state index in [4.69, 9.17) is 11.6 Å². The summed E-state index contributed by atoms with van der Waals surface area (Å²) < 4.78 is 0. The van der Waals surface area contributed by atoms with E-state index in [1.54, 1.807) is 0 Å². The molecule has 0 aliphatic rings. The fraction of sp³-hybridized carbons (Fsp3) is 0.333. The molecule has 2 N–H and O–H groups in total. The summed E-state index contributed by atoms with van der Waals surface area (Å²) in [5.74, 6) is -0.0721. The van der Waals surface area contributed by atoms with Crippen LogP contribution in [0.3, 0.4) is 0 Å². The molecule has 0 spiro atoms. The van der Waals surface area contributed by atoms with Crippen LogP contribution < -0.4 is 10.6 Å². The Hall–Kier alpha value is -1.20. The highest BCUT2D eigenvalue weighted by Crippen LogP contribution is 2.28. The van der Waals surface area contributed by atoms with Crippen molar-refractivity contribution in [2.75, 3.05) is 12.8 Å². The first-order valence-electron chi connectivity index (χ1n) is 5.41. The lowest BCUT2D eigenvalue weighted by Gasteiger charge is -2.11. The lowest BCUT2D eigenvalue weighted by atomic mass is 10.2. The van der Waals surface area contributed by atoms with Gasteiger partial charge in [-0.15, -0.1) is 11.8 Å². The van der Waals surface area contributed by atoms with Crippen molar-refractivity contribution in [1.29, 1.82) is 0 Å². The van der Waals surface area contributed by atoms with Gasteiger partial charge in [0.1, 0.15) is 0 Å². The molecule has 0 aromatic heterocycles. The number of benzene rings is 1. The predicted molar refractivity (Wildman–Crippen MR) is 74.9 cm³/mol. The number of hydrogen-bond acceptors (Lipinski definition) is 3. The molecule has 3 amide bonds. The molecule has 0 aliphatic carbocycles. The number of halogens is 1. The number of urea groups is 1. The van der Waals surface area contributed by atoms with Crippen LogP contribution >= 0.6 is 23.4 Å². The van der Waals surface area contributed by atoms with Gasteiger partial charge in [0.15, 0.2) is 0 Å². The van der Waals surface area contributed by atoms with Gasteiger partial charge in [-0.1, -0.05) is 23.7 Å². The van der Waals surface area contributed by atoms with Gasteiger partial charge in [0, 0.05) is 17.3 Å². The van der Waals surface area contributed by atoms with E-state index in [1.165, 1.54) is 18.8 Å². The smallest absolute Gasteiger partial charge is 0.321 e. The average Bonchev–Trinajstić information content (AvgIpc) is 2.36. The molecule has 1 atom stereocenters. The van der Waals surface area contributed by atoms with Crippen molar-refractivity contribution < 1.29 is 9.59 Å². The van der Waals surface area contributed by atoms with E-state index in [0.717, 1.165) is 5.56 Å². The summed E-state index contributed by atoms with van der Waals surface area (Å²) in [7, 11) is 1.46. The first kappa shape index (κ1) is 14.9. The molecule has 0 unspecified atom stereocenters. The Balaban J connectivity index is 2.41. The van der Waals surface area contributed by atoms with E-state index in [0.29, 0.717) is 5.02 Å². The minimum Gasteiger partial charge on any atom is -0.341 e. The molecule has 1 rings (SSSR count). The van der Waals surface area contributed by atoms with Gasteiger partial charge < -0.3 is 5.32 Å². The van der Waals surface area contributed by atoms with Crippen LogP contribution in [0.25, 0.3) is 0 Å². The van der Waals surface area contributed by atoms with Gasteiger partial charge in [0.05, 0.1) is 5.75 Å². The predicted octanol–water partition coefficient (Wildman–Crippen LogP) is 2.59. The summed E-state index contributed by atoms with van der Waals surface area (Å²) in [5, 5.41) is 5.39. The Bertz CT molecular complexity index is 423. The van der Waals surface area contributed by atoms with Crippen molar-refractivity contribution in [3.05, 3.63) is 34.9 Å². The minimum absolute atomic E-state index is 0.165. The maximum atomic E-state index is 11.4. The third-order valence-corrected chi connectivity index (χ3v) is 3.74. The third kappa shape index (κ3) is 4.98. The summed E-state index contributed by atoms with van der Waals surface area (Å²) in [5.41, 5.74) is 1.09. The molecule has 98 valence electrons. The van der Waals surface area contributed by atoms with E-state index in [9.17, 15) is 9.59 Å². The van der Waals surface area contributed by atoms with Gasteiger partial charge in [-0.2, -0.15) is 0 Å². The van der Waals surface area contributed by atoms with Crippen molar-refractivity contribution in [1.82, 2.24) is 10.6 Å². The summed E-state index contributed by atoms with van der Waals surface area (Å²) in [6.07, 6.45) is 0. The van der Waals surface area contributed by atoms with E-state index in [-0.39, 0.29) is 16.9 Å². The van der Waals surface area contributed by atoms with Crippen molar-refractivity contribution in [2.24, 2.45) is 0 Å². The Morgan fingerprint density at radius 2 is 1.94 bits per heavy atom. The number of carbonyl (C=O) groups excluding carboxylic acids is 2. The second kappa shape index (κ2) is 7.28. The second-order valence-electron chi connectivity index (χ2n) is 3.63. The third-order valence-electron chi connectivity index (χ3n) is 2.28. The Labute approximate surface area is 115 Å². The zero-order valence-corrected chi connectivity index (χ0v) is 11.8. The fourth-order valence-corrected chi connectivity index (χ4v) is 2.21. The SMILES string of the molecule is CNC(=O)NC(=O)CS[C@@H](C)c1ccc(Cl)cc1. The molecule has 0 saturated heterocycles. The molecule has 4 nitrogen and oxygen atoms in total. The zero-order chi connectivity index (χ0) is 13.5. The molecule has 1 aromatic carbocycles. The van der Waals surface area contributed by atoms with Crippen molar-refractivity contribution >= 4 is 35.3 Å². The first-order valence-corrected chi connectivity index (χ1v) is 6.84. The lowest BCUT2D eigenvalue weighted by molar-refractivity contribution is -0.117. The zero-order valence-electron chi connectivity index (χ0n) is 10.2. The summed E-state index contributed by atoms with van der Waals surface area (Å²) in [6.45, 7) is 2.00.